The fraction of sp³-hybridized carbons (Fsp3) is 0.238. The van der Waals surface area contributed by atoms with Crippen LogP contribution in [0, 0.1) is 20.8 Å². The normalized spacial score (nSPS) is 15.5. The van der Waals surface area contributed by atoms with Gasteiger partial charge in [0.25, 0.3) is 0 Å². The average Bonchev–Trinajstić information content (AvgIpc) is 3.85. The number of fused-ring (bicyclic) bond motifs is 4. The largest absolute Gasteiger partial charge is 0.491 e. The van der Waals surface area contributed by atoms with E-state index in [9.17, 15) is 14.7 Å². The van der Waals surface area contributed by atoms with Crippen LogP contribution >= 0.6 is 22.9 Å². The van der Waals surface area contributed by atoms with Gasteiger partial charge in [-0.1, -0.05) is 29.8 Å². The number of ether oxygens (including phenoxy) is 2. The Labute approximate surface area is 337 Å². The van der Waals surface area contributed by atoms with Crippen LogP contribution in [0.4, 0.5) is 17.2 Å². The number of aliphatic hydroxyl groups is 1. The lowest BCUT2D eigenvalue weighted by Crippen LogP contribution is -2.33. The predicted molar refractivity (Wildman–Crippen MR) is 221 cm³/mol. The van der Waals surface area contributed by atoms with Crippen molar-refractivity contribution < 1.29 is 24.2 Å². The SMILES string of the molecule is Cc1sc2c(c1C)C(c1ccc(Cl)cc1)=N[C@](O)(CC(=O)Nc1ccc(OCCOCCNc3ncccc3-c3ccc4c(c3)CC(=O)N4)cc1)c1nnc(C)n1-2. The summed E-state index contributed by atoms with van der Waals surface area (Å²) in [6.45, 7) is 7.55. The molecule has 2 aliphatic heterocycles. The molecule has 5 heterocycles. The molecule has 1 atom stereocenters. The summed E-state index contributed by atoms with van der Waals surface area (Å²) >= 11 is 7.78. The highest BCUT2D eigenvalue weighted by Gasteiger charge is 2.42. The van der Waals surface area contributed by atoms with E-state index in [-0.39, 0.29) is 11.7 Å². The summed E-state index contributed by atoms with van der Waals surface area (Å²) in [5.74, 6) is 1.62. The minimum atomic E-state index is -2.03. The van der Waals surface area contributed by atoms with Crippen LogP contribution in [0.2, 0.25) is 5.02 Å². The van der Waals surface area contributed by atoms with Crippen molar-refractivity contribution in [2.75, 3.05) is 42.3 Å². The van der Waals surface area contributed by atoms with Crippen molar-refractivity contribution in [3.8, 4) is 21.9 Å². The van der Waals surface area contributed by atoms with Crippen LogP contribution in [0.3, 0.4) is 0 Å². The fourth-order valence-corrected chi connectivity index (χ4v) is 8.27. The number of rotatable bonds is 13. The lowest BCUT2D eigenvalue weighted by atomic mass is 9.99. The third-order valence-electron chi connectivity index (χ3n) is 9.83. The average molecular weight is 803 g/mol. The van der Waals surface area contributed by atoms with Crippen LogP contribution in [0.5, 0.6) is 5.75 Å². The minimum absolute atomic E-state index is 0.00281. The number of anilines is 3. The lowest BCUT2D eigenvalue weighted by molar-refractivity contribution is -0.121. The number of halogens is 1. The molecular formula is C42H39ClN8O5S. The Hall–Kier alpha value is -5.93. The predicted octanol–water partition coefficient (Wildman–Crippen LogP) is 7.00. The van der Waals surface area contributed by atoms with E-state index in [0.717, 1.165) is 54.8 Å². The number of aryl methyl sites for hydroxylation is 2. The van der Waals surface area contributed by atoms with Crippen molar-refractivity contribution in [3.63, 3.8) is 0 Å². The van der Waals surface area contributed by atoms with E-state index in [2.05, 4.69) is 31.1 Å². The van der Waals surface area contributed by atoms with Gasteiger partial charge in [0.05, 0.1) is 31.8 Å². The molecule has 0 saturated heterocycles. The first-order valence-electron chi connectivity index (χ1n) is 18.4. The van der Waals surface area contributed by atoms with Gasteiger partial charge in [0.2, 0.25) is 17.5 Å². The molecular weight excluding hydrogens is 764 g/mol. The van der Waals surface area contributed by atoms with E-state index in [0.29, 0.717) is 60.8 Å². The van der Waals surface area contributed by atoms with Crippen molar-refractivity contribution in [2.24, 2.45) is 4.99 Å². The molecule has 0 fully saturated rings. The van der Waals surface area contributed by atoms with Crippen LogP contribution in [0.15, 0.2) is 90.1 Å². The smallest absolute Gasteiger partial charge is 0.229 e. The van der Waals surface area contributed by atoms with Crippen LogP contribution in [-0.2, 0) is 26.5 Å². The Kier molecular flexibility index (Phi) is 10.6. The summed E-state index contributed by atoms with van der Waals surface area (Å²) < 4.78 is 13.4. The quantitative estimate of drug-likeness (QED) is 0.0901. The second-order valence-electron chi connectivity index (χ2n) is 13.8. The summed E-state index contributed by atoms with van der Waals surface area (Å²) in [6.07, 6.45) is 1.70. The maximum absolute atomic E-state index is 13.6. The summed E-state index contributed by atoms with van der Waals surface area (Å²) in [7, 11) is 0. The molecule has 2 amide bonds. The van der Waals surface area contributed by atoms with Gasteiger partial charge >= 0.3 is 0 Å². The lowest BCUT2D eigenvalue weighted by Gasteiger charge is -2.22. The number of pyridine rings is 1. The van der Waals surface area contributed by atoms with Crippen LogP contribution in [0.25, 0.3) is 16.1 Å². The number of carbonyl (C=O) groups excluding carboxylic acids is 2. The number of benzene rings is 3. The number of thiophene rings is 1. The Balaban J connectivity index is 0.854. The van der Waals surface area contributed by atoms with E-state index in [4.69, 9.17) is 26.1 Å². The molecule has 3 aromatic carbocycles. The third kappa shape index (κ3) is 7.89. The number of hydrogen-bond donors (Lipinski definition) is 4. The highest BCUT2D eigenvalue weighted by Crippen LogP contribution is 2.41. The van der Waals surface area contributed by atoms with Crippen molar-refractivity contribution in [1.82, 2.24) is 19.7 Å². The molecule has 3 aromatic heterocycles. The Morgan fingerprint density at radius 2 is 1.79 bits per heavy atom. The molecule has 6 aromatic rings. The van der Waals surface area contributed by atoms with Gasteiger partial charge in [0.1, 0.15) is 29.0 Å². The Bertz CT molecular complexity index is 2520. The zero-order chi connectivity index (χ0) is 39.7. The maximum atomic E-state index is 13.6. The zero-order valence-corrected chi connectivity index (χ0v) is 33.0. The van der Waals surface area contributed by atoms with Gasteiger partial charge < -0.3 is 30.5 Å². The Morgan fingerprint density at radius 1 is 1.00 bits per heavy atom. The second-order valence-corrected chi connectivity index (χ2v) is 15.4. The van der Waals surface area contributed by atoms with Crippen molar-refractivity contribution in [2.45, 2.75) is 39.3 Å². The number of carbonyl (C=O) groups is 2. The van der Waals surface area contributed by atoms with Crippen molar-refractivity contribution >= 4 is 57.7 Å². The molecule has 8 rings (SSSR count). The summed E-state index contributed by atoms with van der Waals surface area (Å²) in [5.41, 5.74) is 5.41. The van der Waals surface area contributed by atoms with E-state index in [1.165, 1.54) is 0 Å². The molecule has 4 N–H and O–H groups in total. The van der Waals surface area contributed by atoms with E-state index in [1.54, 1.807) is 58.5 Å². The van der Waals surface area contributed by atoms with Crippen molar-refractivity contribution in [1.29, 1.82) is 0 Å². The van der Waals surface area contributed by atoms with Gasteiger partial charge in [-0.05, 0) is 98.1 Å². The molecule has 0 aliphatic carbocycles. The number of hydrogen-bond acceptors (Lipinski definition) is 11. The zero-order valence-electron chi connectivity index (χ0n) is 31.4. The molecule has 0 unspecified atom stereocenters. The van der Waals surface area contributed by atoms with E-state index >= 15 is 0 Å². The summed E-state index contributed by atoms with van der Waals surface area (Å²) in [4.78, 5) is 35.8. The first-order chi connectivity index (χ1) is 27.6. The summed E-state index contributed by atoms with van der Waals surface area (Å²) in [6, 6.07) is 24.0. The monoisotopic (exact) mass is 802 g/mol. The number of nitrogens with zero attached hydrogens (tertiary/aromatic N) is 5. The topological polar surface area (TPSA) is 165 Å². The number of aliphatic imine (C=N–C) groups is 1. The summed E-state index contributed by atoms with van der Waals surface area (Å²) in [5, 5.41) is 31.3. The molecule has 13 nitrogen and oxygen atoms in total. The van der Waals surface area contributed by atoms with Crippen molar-refractivity contribution in [3.05, 3.63) is 129 Å². The molecule has 0 saturated carbocycles. The first-order valence-corrected chi connectivity index (χ1v) is 19.6. The Morgan fingerprint density at radius 3 is 2.60 bits per heavy atom. The molecule has 0 radical (unpaired) electrons. The molecule has 2 aliphatic rings. The standard InChI is InChI=1S/C42H39ClN8O5S/c1-24-25(2)57-40-37(24)38(27-6-9-30(43)10-7-27)48-42(54,41-50-49-26(3)51(40)41)23-36(53)46-31-11-13-32(14-12-31)56-20-19-55-18-17-45-39-33(5-4-16-44-39)28-8-15-34-29(21-28)22-35(52)47-34/h4-16,21,54H,17-20,22-23H2,1-3H3,(H,44,45)(H,46,53)(H,47,52)/t42-/m0/s1. The van der Waals surface area contributed by atoms with E-state index < -0.39 is 18.1 Å². The van der Waals surface area contributed by atoms with Crippen LogP contribution in [0.1, 0.15) is 45.2 Å². The minimum Gasteiger partial charge on any atom is -0.491 e. The maximum Gasteiger partial charge on any atom is 0.229 e. The highest BCUT2D eigenvalue weighted by molar-refractivity contribution is 7.15. The van der Waals surface area contributed by atoms with Crippen LogP contribution < -0.4 is 20.7 Å². The molecule has 15 heteroatoms. The van der Waals surface area contributed by atoms with Gasteiger partial charge in [0, 0.05) is 50.7 Å². The third-order valence-corrected chi connectivity index (χ3v) is 11.3. The van der Waals surface area contributed by atoms with Gasteiger partial charge in [0.15, 0.2) is 5.82 Å². The van der Waals surface area contributed by atoms with E-state index in [1.807, 2.05) is 63.2 Å². The van der Waals surface area contributed by atoms with Gasteiger partial charge in [-0.3, -0.25) is 14.2 Å². The molecule has 57 heavy (non-hydrogen) atoms. The first kappa shape index (κ1) is 38.0. The molecule has 290 valence electrons. The highest BCUT2D eigenvalue weighted by atomic mass is 35.5. The van der Waals surface area contributed by atoms with Crippen LogP contribution in [-0.4, -0.2) is 68.7 Å². The number of aromatic nitrogens is 4. The molecule has 0 bridgehead atoms. The van der Waals surface area contributed by atoms with Gasteiger partial charge in [-0.2, -0.15) is 0 Å². The molecule has 0 spiro atoms. The van der Waals surface area contributed by atoms with Gasteiger partial charge in [-0.25, -0.2) is 9.98 Å². The van der Waals surface area contributed by atoms with Gasteiger partial charge in [-0.15, -0.1) is 21.5 Å². The fourth-order valence-electron chi connectivity index (χ4n) is 6.94. The number of nitrogens with one attached hydrogen (secondary N) is 3. The second kappa shape index (κ2) is 15.9. The number of amides is 2.